The number of nitrogens with one attached hydrogen (secondary N) is 2. The fourth-order valence-corrected chi connectivity index (χ4v) is 2.05. The van der Waals surface area contributed by atoms with Crippen LogP contribution in [0.15, 0.2) is 24.3 Å². The third kappa shape index (κ3) is 7.44. The van der Waals surface area contributed by atoms with E-state index in [2.05, 4.69) is 10.6 Å². The van der Waals surface area contributed by atoms with Crippen molar-refractivity contribution in [3.8, 4) is 5.75 Å². The van der Waals surface area contributed by atoms with Crippen molar-refractivity contribution >= 4 is 24.0 Å². The maximum Gasteiger partial charge on any atom is 0.243 e. The highest BCUT2D eigenvalue weighted by Crippen LogP contribution is 2.11. The molecular weight excluding hydrogens is 328 g/mol. The van der Waals surface area contributed by atoms with Gasteiger partial charge >= 0.3 is 0 Å². The predicted octanol–water partition coefficient (Wildman–Crippen LogP) is -1.67. The first-order valence-electron chi connectivity index (χ1n) is 7.67. The summed E-state index contributed by atoms with van der Waals surface area (Å²) in [4.78, 5) is 45.4. The molecule has 9 heteroatoms. The molecule has 25 heavy (non-hydrogen) atoms. The SMILES string of the molecule is NC(=O)CC[C@H](N)C(=O)N[C@@H](Cc1ccc(O)cc1)C(=O)NCC=O. The molecule has 1 aromatic rings. The Labute approximate surface area is 144 Å². The number of carbonyl (C=O) groups excluding carboxylic acids is 4. The summed E-state index contributed by atoms with van der Waals surface area (Å²) in [6.07, 6.45) is 0.673. The molecule has 0 unspecified atom stereocenters. The second kappa shape index (κ2) is 10.0. The van der Waals surface area contributed by atoms with Gasteiger partial charge in [0.2, 0.25) is 17.7 Å². The maximum absolute atomic E-state index is 12.1. The van der Waals surface area contributed by atoms with E-state index in [9.17, 15) is 24.3 Å². The summed E-state index contributed by atoms with van der Waals surface area (Å²) in [5, 5.41) is 14.2. The zero-order valence-electron chi connectivity index (χ0n) is 13.6. The maximum atomic E-state index is 12.1. The number of hydrogen-bond donors (Lipinski definition) is 5. The second-order valence-electron chi connectivity index (χ2n) is 5.46. The van der Waals surface area contributed by atoms with E-state index >= 15 is 0 Å². The van der Waals surface area contributed by atoms with E-state index < -0.39 is 29.8 Å². The highest BCUT2D eigenvalue weighted by molar-refractivity contribution is 5.90. The Kier molecular flexibility index (Phi) is 8.07. The molecule has 136 valence electrons. The highest BCUT2D eigenvalue weighted by Gasteiger charge is 2.24. The summed E-state index contributed by atoms with van der Waals surface area (Å²) < 4.78 is 0. The van der Waals surface area contributed by atoms with Crippen LogP contribution in [0.3, 0.4) is 0 Å². The van der Waals surface area contributed by atoms with Crippen LogP contribution in [0.2, 0.25) is 0 Å². The largest absolute Gasteiger partial charge is 0.508 e. The van der Waals surface area contributed by atoms with Gasteiger partial charge < -0.3 is 32.0 Å². The van der Waals surface area contributed by atoms with Crippen molar-refractivity contribution in [2.24, 2.45) is 11.5 Å². The Morgan fingerprint density at radius 3 is 2.36 bits per heavy atom. The van der Waals surface area contributed by atoms with Gasteiger partial charge in [-0.3, -0.25) is 14.4 Å². The number of aldehydes is 1. The number of carbonyl (C=O) groups is 4. The van der Waals surface area contributed by atoms with Crippen LogP contribution in [-0.2, 0) is 25.6 Å². The lowest BCUT2D eigenvalue weighted by Gasteiger charge is -2.20. The molecule has 0 aliphatic carbocycles. The van der Waals surface area contributed by atoms with Gasteiger partial charge in [0.05, 0.1) is 12.6 Å². The van der Waals surface area contributed by atoms with Crippen LogP contribution in [0.1, 0.15) is 18.4 Å². The van der Waals surface area contributed by atoms with Crippen molar-refractivity contribution in [3.05, 3.63) is 29.8 Å². The lowest BCUT2D eigenvalue weighted by Crippen LogP contribution is -2.52. The predicted molar refractivity (Wildman–Crippen MR) is 89.2 cm³/mol. The molecule has 1 rings (SSSR count). The van der Waals surface area contributed by atoms with E-state index in [0.29, 0.717) is 11.8 Å². The van der Waals surface area contributed by atoms with Gasteiger partial charge in [-0.05, 0) is 24.1 Å². The average Bonchev–Trinajstić information content (AvgIpc) is 2.58. The van der Waals surface area contributed by atoms with Crippen LogP contribution < -0.4 is 22.1 Å². The van der Waals surface area contributed by atoms with Crippen LogP contribution in [0.5, 0.6) is 5.75 Å². The summed E-state index contributed by atoms with van der Waals surface area (Å²) in [6, 6.07) is 4.17. The first kappa shape index (κ1) is 20.1. The molecule has 0 radical (unpaired) electrons. The van der Waals surface area contributed by atoms with Gasteiger partial charge in [0.15, 0.2) is 0 Å². The second-order valence-corrected chi connectivity index (χ2v) is 5.46. The topological polar surface area (TPSA) is 165 Å². The number of phenolic OH excluding ortho intramolecular Hbond substituents is 1. The molecule has 2 atom stereocenters. The minimum Gasteiger partial charge on any atom is -0.508 e. The smallest absolute Gasteiger partial charge is 0.243 e. The number of primary amides is 1. The normalized spacial score (nSPS) is 12.7. The summed E-state index contributed by atoms with van der Waals surface area (Å²) in [5.41, 5.74) is 11.4. The molecule has 0 saturated carbocycles. The van der Waals surface area contributed by atoms with E-state index in [-0.39, 0.29) is 31.6 Å². The first-order valence-corrected chi connectivity index (χ1v) is 7.67. The minimum absolute atomic E-state index is 0.0471. The molecule has 9 nitrogen and oxygen atoms in total. The van der Waals surface area contributed by atoms with Crippen molar-refractivity contribution in [3.63, 3.8) is 0 Å². The minimum atomic E-state index is -0.992. The lowest BCUT2D eigenvalue weighted by molar-refractivity contribution is -0.130. The molecule has 0 aromatic heterocycles. The Balaban J connectivity index is 2.77. The number of phenols is 1. The summed E-state index contributed by atoms with van der Waals surface area (Å²) in [6.45, 7) is -0.186. The zero-order chi connectivity index (χ0) is 18.8. The van der Waals surface area contributed by atoms with Gasteiger partial charge in [-0.15, -0.1) is 0 Å². The van der Waals surface area contributed by atoms with E-state index in [1.807, 2.05) is 0 Å². The molecule has 0 fully saturated rings. The van der Waals surface area contributed by atoms with Crippen molar-refractivity contribution in [1.82, 2.24) is 10.6 Å². The number of hydrogen-bond acceptors (Lipinski definition) is 6. The number of benzene rings is 1. The van der Waals surface area contributed by atoms with Gasteiger partial charge in [0.25, 0.3) is 0 Å². The monoisotopic (exact) mass is 350 g/mol. The van der Waals surface area contributed by atoms with Crippen molar-refractivity contribution in [2.75, 3.05) is 6.54 Å². The van der Waals surface area contributed by atoms with Crippen molar-refractivity contribution in [1.29, 1.82) is 0 Å². The van der Waals surface area contributed by atoms with Crippen LogP contribution in [0.4, 0.5) is 0 Å². The third-order valence-electron chi connectivity index (χ3n) is 3.41. The number of rotatable bonds is 10. The molecule has 0 aliphatic heterocycles. The molecule has 0 spiro atoms. The number of nitrogens with two attached hydrogens (primary N) is 2. The van der Waals surface area contributed by atoms with Crippen LogP contribution in [0.25, 0.3) is 0 Å². The summed E-state index contributed by atoms with van der Waals surface area (Å²) in [7, 11) is 0. The molecule has 0 heterocycles. The van der Waals surface area contributed by atoms with Gasteiger partial charge in [-0.1, -0.05) is 12.1 Å². The van der Waals surface area contributed by atoms with Crippen LogP contribution >= 0.6 is 0 Å². The first-order chi connectivity index (χ1) is 11.8. The molecule has 7 N–H and O–H groups in total. The average molecular weight is 350 g/mol. The van der Waals surface area contributed by atoms with E-state index in [4.69, 9.17) is 11.5 Å². The molecule has 0 bridgehead atoms. The standard InChI is InChI=1S/C16H22N4O5/c17-12(5-6-14(18)23)15(24)20-13(16(25)19-7-8-21)9-10-1-3-11(22)4-2-10/h1-4,8,12-13,22H,5-7,9,17H2,(H2,18,23)(H,19,25)(H,20,24)/t12-,13-/m0/s1. The van der Waals surface area contributed by atoms with E-state index in [1.54, 1.807) is 12.1 Å². The Morgan fingerprint density at radius 1 is 1.16 bits per heavy atom. The zero-order valence-corrected chi connectivity index (χ0v) is 13.6. The number of amides is 3. The molecule has 0 saturated heterocycles. The Morgan fingerprint density at radius 2 is 1.80 bits per heavy atom. The fourth-order valence-electron chi connectivity index (χ4n) is 2.05. The van der Waals surface area contributed by atoms with Gasteiger partial charge in [-0.25, -0.2) is 0 Å². The Hall–Kier alpha value is -2.94. The van der Waals surface area contributed by atoms with Gasteiger partial charge in [0.1, 0.15) is 18.1 Å². The lowest BCUT2D eigenvalue weighted by atomic mass is 10.0. The molecule has 1 aromatic carbocycles. The highest BCUT2D eigenvalue weighted by atomic mass is 16.3. The quantitative estimate of drug-likeness (QED) is 0.316. The Bertz CT molecular complexity index is 617. The molecular formula is C16H22N4O5. The molecule has 0 aliphatic rings. The van der Waals surface area contributed by atoms with Crippen LogP contribution in [0, 0.1) is 0 Å². The van der Waals surface area contributed by atoms with Crippen molar-refractivity contribution < 1.29 is 24.3 Å². The summed E-state index contributed by atoms with van der Waals surface area (Å²) >= 11 is 0. The van der Waals surface area contributed by atoms with E-state index in [1.165, 1.54) is 12.1 Å². The van der Waals surface area contributed by atoms with Crippen molar-refractivity contribution in [2.45, 2.75) is 31.3 Å². The van der Waals surface area contributed by atoms with Gasteiger partial charge in [-0.2, -0.15) is 0 Å². The van der Waals surface area contributed by atoms with Crippen LogP contribution in [-0.4, -0.2) is 47.7 Å². The fraction of sp³-hybridized carbons (Fsp3) is 0.375. The van der Waals surface area contributed by atoms with Gasteiger partial charge in [0, 0.05) is 12.8 Å². The third-order valence-corrected chi connectivity index (χ3v) is 3.41. The molecule has 3 amide bonds. The van der Waals surface area contributed by atoms with E-state index in [0.717, 1.165) is 0 Å². The number of aromatic hydroxyl groups is 1. The summed E-state index contributed by atoms with van der Waals surface area (Å²) in [5.74, 6) is -1.65.